The Bertz CT molecular complexity index is 1620. The maximum Gasteiger partial charge on any atom is 0.472 e. The summed E-state index contributed by atoms with van der Waals surface area (Å²) < 4.78 is 67.8. The number of rotatable bonds is 66. The van der Waals surface area contributed by atoms with Gasteiger partial charge in [-0.05, 0) is 25.7 Å². The first-order valence-electron chi connectivity index (χ1n) is 34.3. The predicted molar refractivity (Wildman–Crippen MR) is 335 cm³/mol. The Balaban J connectivity index is 5.13. The van der Waals surface area contributed by atoms with Gasteiger partial charge in [-0.25, -0.2) is 9.13 Å². The van der Waals surface area contributed by atoms with Crippen LogP contribution in [0.2, 0.25) is 0 Å². The minimum Gasteiger partial charge on any atom is -0.462 e. The number of carbonyl (C=O) groups is 4. The molecular weight excluding hydrogens is 1110 g/mol. The number of phosphoric ester groups is 2. The zero-order valence-electron chi connectivity index (χ0n) is 53.9. The predicted octanol–water partition coefficient (Wildman–Crippen LogP) is 18.3. The first kappa shape index (κ1) is 82.1. The van der Waals surface area contributed by atoms with Crippen molar-refractivity contribution < 1.29 is 80.2 Å². The fourth-order valence-corrected chi connectivity index (χ4v) is 11.4. The largest absolute Gasteiger partial charge is 0.472 e. The Hall–Kier alpha value is -1.94. The highest BCUT2D eigenvalue weighted by Gasteiger charge is 2.30. The second-order valence-electron chi connectivity index (χ2n) is 23.5. The van der Waals surface area contributed by atoms with Crippen molar-refractivity contribution in [1.29, 1.82) is 0 Å². The smallest absolute Gasteiger partial charge is 0.462 e. The number of hydrogen-bond donors (Lipinski definition) is 3. The van der Waals surface area contributed by atoms with E-state index < -0.39 is 97.5 Å². The van der Waals surface area contributed by atoms with Gasteiger partial charge in [0.1, 0.15) is 19.3 Å². The van der Waals surface area contributed by atoms with Crippen molar-refractivity contribution >= 4 is 39.5 Å². The van der Waals surface area contributed by atoms with E-state index in [0.717, 1.165) is 96.3 Å². The summed E-state index contributed by atoms with van der Waals surface area (Å²) in [6.07, 6.45) is 46.2. The number of unbranched alkanes of at least 4 members (excludes halogenated alkanes) is 40. The van der Waals surface area contributed by atoms with Crippen molar-refractivity contribution in [3.8, 4) is 0 Å². The maximum absolute atomic E-state index is 13.0. The molecule has 0 aromatic heterocycles. The molecule has 2 unspecified atom stereocenters. The molecule has 0 aromatic rings. The SMILES string of the molecule is CCCCCCCCCCCCCCCCCCCCC(=O)O[C@H](COC(=O)CCCCCCCCCCCCCC)COP(=O)(O)OC[C@@H](O)COP(=O)(O)OC[C@@H](COC(=O)CCCCCCC)OC(=O)CCCCCCCCCCC. The number of esters is 4. The van der Waals surface area contributed by atoms with E-state index in [-0.39, 0.29) is 25.7 Å². The third-order valence-corrected chi connectivity index (χ3v) is 17.0. The number of carbonyl (C=O) groups excluding carboxylic acids is 4. The molecule has 3 N–H and O–H groups in total. The molecule has 0 aromatic carbocycles. The van der Waals surface area contributed by atoms with Crippen LogP contribution >= 0.6 is 15.6 Å². The van der Waals surface area contributed by atoms with Crippen LogP contribution in [0, 0.1) is 0 Å². The van der Waals surface area contributed by atoms with Gasteiger partial charge >= 0.3 is 39.5 Å². The monoisotopic (exact) mass is 1240 g/mol. The molecule has 0 bridgehead atoms. The molecule has 0 heterocycles. The highest BCUT2D eigenvalue weighted by Crippen LogP contribution is 2.45. The van der Waals surface area contributed by atoms with Gasteiger partial charge in [0.25, 0.3) is 0 Å². The minimum atomic E-state index is -4.94. The van der Waals surface area contributed by atoms with Gasteiger partial charge in [-0.15, -0.1) is 0 Å². The molecule has 498 valence electrons. The van der Waals surface area contributed by atoms with Gasteiger partial charge in [0.2, 0.25) is 0 Å². The number of ether oxygens (including phenoxy) is 4. The second kappa shape index (κ2) is 60.0. The van der Waals surface area contributed by atoms with E-state index >= 15 is 0 Å². The molecule has 0 saturated heterocycles. The zero-order chi connectivity index (χ0) is 61.9. The summed E-state index contributed by atoms with van der Waals surface area (Å²) in [6, 6.07) is 0. The average Bonchev–Trinajstić information content (AvgIpc) is 3.60. The highest BCUT2D eigenvalue weighted by molar-refractivity contribution is 7.47. The van der Waals surface area contributed by atoms with Crippen LogP contribution < -0.4 is 0 Å². The minimum absolute atomic E-state index is 0.105. The van der Waals surface area contributed by atoms with Crippen molar-refractivity contribution in [1.82, 2.24) is 0 Å². The number of aliphatic hydroxyl groups excluding tert-OH is 1. The fourth-order valence-electron chi connectivity index (χ4n) is 9.81. The fraction of sp³-hybridized carbons (Fsp3) is 0.938. The molecule has 84 heavy (non-hydrogen) atoms. The summed E-state index contributed by atoms with van der Waals surface area (Å²) in [5.41, 5.74) is 0. The Kier molecular flexibility index (Phi) is 58.6. The van der Waals surface area contributed by atoms with E-state index in [9.17, 15) is 43.2 Å². The molecule has 0 spiro atoms. The summed E-state index contributed by atoms with van der Waals surface area (Å²) in [6.45, 7) is 4.80. The molecule has 17 nitrogen and oxygen atoms in total. The van der Waals surface area contributed by atoms with Gasteiger partial charge in [0.05, 0.1) is 26.4 Å². The Morgan fingerprint density at radius 1 is 0.286 bits per heavy atom. The summed E-state index contributed by atoms with van der Waals surface area (Å²) in [5.74, 6) is -2.14. The van der Waals surface area contributed by atoms with Crippen LogP contribution in [-0.4, -0.2) is 96.7 Å². The van der Waals surface area contributed by atoms with Crippen molar-refractivity contribution in [2.45, 2.75) is 354 Å². The lowest BCUT2D eigenvalue weighted by molar-refractivity contribution is -0.161. The van der Waals surface area contributed by atoms with E-state index in [2.05, 4.69) is 27.7 Å². The number of hydrogen-bond acceptors (Lipinski definition) is 15. The van der Waals surface area contributed by atoms with Crippen LogP contribution in [-0.2, 0) is 65.4 Å². The highest BCUT2D eigenvalue weighted by atomic mass is 31.2. The molecule has 0 aliphatic carbocycles. The van der Waals surface area contributed by atoms with E-state index in [1.54, 1.807) is 0 Å². The quantitative estimate of drug-likeness (QED) is 0.0222. The van der Waals surface area contributed by atoms with Gasteiger partial charge in [-0.2, -0.15) is 0 Å². The molecule has 0 rings (SSSR count). The van der Waals surface area contributed by atoms with E-state index in [1.165, 1.54) is 161 Å². The molecule has 0 fully saturated rings. The first-order chi connectivity index (χ1) is 40.7. The lowest BCUT2D eigenvalue weighted by atomic mass is 10.0. The molecule has 0 aliphatic rings. The van der Waals surface area contributed by atoms with Gasteiger partial charge in [0, 0.05) is 25.7 Å². The second-order valence-corrected chi connectivity index (χ2v) is 26.4. The average molecular weight is 1240 g/mol. The normalized spacial score (nSPS) is 14.1. The summed E-state index contributed by atoms with van der Waals surface area (Å²) in [5, 5.41) is 10.5. The molecule has 5 atom stereocenters. The Labute approximate surface area is 511 Å². The molecule has 19 heteroatoms. The van der Waals surface area contributed by atoms with E-state index in [0.29, 0.717) is 25.7 Å². The van der Waals surface area contributed by atoms with Crippen LogP contribution in [0.5, 0.6) is 0 Å². The third kappa shape index (κ3) is 59.0. The van der Waals surface area contributed by atoms with Gasteiger partial charge in [-0.1, -0.05) is 285 Å². The Morgan fingerprint density at radius 2 is 0.476 bits per heavy atom. The van der Waals surface area contributed by atoms with Gasteiger partial charge in [-0.3, -0.25) is 37.3 Å². The Morgan fingerprint density at radius 3 is 0.702 bits per heavy atom. The van der Waals surface area contributed by atoms with E-state index in [1.807, 2.05) is 0 Å². The molecule has 0 radical (unpaired) electrons. The lowest BCUT2D eigenvalue weighted by Gasteiger charge is -2.21. The van der Waals surface area contributed by atoms with Crippen molar-refractivity contribution in [3.63, 3.8) is 0 Å². The van der Waals surface area contributed by atoms with Crippen LogP contribution in [0.1, 0.15) is 336 Å². The first-order valence-corrected chi connectivity index (χ1v) is 37.3. The van der Waals surface area contributed by atoms with Crippen molar-refractivity contribution in [2.24, 2.45) is 0 Å². The summed E-state index contributed by atoms with van der Waals surface area (Å²) in [7, 11) is -9.87. The van der Waals surface area contributed by atoms with E-state index in [4.69, 9.17) is 37.0 Å². The number of aliphatic hydroxyl groups is 1. The van der Waals surface area contributed by atoms with Crippen LogP contribution in [0.25, 0.3) is 0 Å². The van der Waals surface area contributed by atoms with Crippen LogP contribution in [0.4, 0.5) is 0 Å². The zero-order valence-corrected chi connectivity index (χ0v) is 55.7. The van der Waals surface area contributed by atoms with Gasteiger partial charge < -0.3 is 33.8 Å². The molecular formula is C65H126O17P2. The molecule has 0 aliphatic heterocycles. The van der Waals surface area contributed by atoms with Crippen molar-refractivity contribution in [2.75, 3.05) is 39.6 Å². The topological polar surface area (TPSA) is 237 Å². The number of phosphoric acid groups is 2. The standard InChI is InChI=1S/C65H126O17P2/c1-5-9-13-17-20-23-25-27-28-29-30-31-32-34-37-40-44-48-52-65(70)82-61(56-76-63(68)50-46-42-38-36-33-26-24-21-18-14-10-6-2)58-80-84(73,74)78-54-59(66)53-77-83(71,72)79-57-60(55-75-62(67)49-45-41-16-12-8-4)81-64(69)51-47-43-39-35-22-19-15-11-7-3/h59-61,66H,5-58H2,1-4H3,(H,71,72)(H,73,74)/t59-,60+,61+/m0/s1. The maximum atomic E-state index is 13.0. The van der Waals surface area contributed by atoms with Crippen molar-refractivity contribution in [3.05, 3.63) is 0 Å². The summed E-state index contributed by atoms with van der Waals surface area (Å²) in [4.78, 5) is 72.0. The third-order valence-electron chi connectivity index (χ3n) is 15.1. The van der Waals surface area contributed by atoms with Crippen LogP contribution in [0.3, 0.4) is 0 Å². The lowest BCUT2D eigenvalue weighted by Crippen LogP contribution is -2.30. The summed E-state index contributed by atoms with van der Waals surface area (Å²) >= 11 is 0. The molecule has 0 saturated carbocycles. The van der Waals surface area contributed by atoms with Gasteiger partial charge in [0.15, 0.2) is 12.2 Å². The van der Waals surface area contributed by atoms with Crippen LogP contribution in [0.15, 0.2) is 0 Å². The molecule has 0 amide bonds.